The number of nitrogens with zero attached hydrogens (tertiary/aromatic N) is 4. The van der Waals surface area contributed by atoms with Gasteiger partial charge in [0.25, 0.3) is 17.4 Å². The average molecular weight is 508 g/mol. The summed E-state index contributed by atoms with van der Waals surface area (Å²) in [7, 11) is 3.45. The van der Waals surface area contributed by atoms with Crippen molar-refractivity contribution in [2.45, 2.75) is 12.5 Å². The van der Waals surface area contributed by atoms with Crippen molar-refractivity contribution in [1.82, 2.24) is 19.9 Å². The molecule has 1 unspecified atom stereocenters. The van der Waals surface area contributed by atoms with Crippen molar-refractivity contribution >= 4 is 23.0 Å². The Balaban J connectivity index is 1.51. The maximum absolute atomic E-state index is 12.9. The highest BCUT2D eigenvalue weighted by atomic mass is 16.4. The molecule has 0 aliphatic carbocycles. The van der Waals surface area contributed by atoms with Crippen molar-refractivity contribution in [2.24, 2.45) is 0 Å². The number of H-pyrrole nitrogens is 1. The first-order valence-electron chi connectivity index (χ1n) is 12.3. The number of aromatic hydroxyl groups is 1. The standard InChI is InChI=1S/C29H25N5O4/c1-33(2)28(37)19-13-12-17-14-15-34(24(20(17)16-19)18-8-4-3-5-9-18)29-31-23(25(35)26(36)32-29)27-30-21-10-6-7-11-22(21)38-27/h3-13,16,24,35H,14-15H2,1-2H3,(H,31,32,36). The molecule has 0 saturated carbocycles. The summed E-state index contributed by atoms with van der Waals surface area (Å²) < 4.78 is 5.82. The molecule has 0 spiro atoms. The van der Waals surface area contributed by atoms with Crippen LogP contribution in [0.4, 0.5) is 5.95 Å². The maximum Gasteiger partial charge on any atom is 0.295 e. The highest BCUT2D eigenvalue weighted by molar-refractivity contribution is 5.94. The Kier molecular flexibility index (Phi) is 5.68. The number of para-hydroxylation sites is 2. The fourth-order valence-electron chi connectivity index (χ4n) is 4.94. The number of oxazole rings is 1. The number of nitrogens with one attached hydrogen (secondary N) is 1. The number of aromatic nitrogens is 3. The minimum absolute atomic E-state index is 0.0332. The molecule has 0 saturated heterocycles. The van der Waals surface area contributed by atoms with Gasteiger partial charge in [0, 0.05) is 26.2 Å². The second-order valence-electron chi connectivity index (χ2n) is 9.44. The molecule has 2 N–H and O–H groups in total. The number of anilines is 1. The number of hydrogen-bond acceptors (Lipinski definition) is 7. The zero-order chi connectivity index (χ0) is 26.4. The van der Waals surface area contributed by atoms with Crippen LogP contribution < -0.4 is 10.5 Å². The van der Waals surface area contributed by atoms with Crippen LogP contribution in [0.5, 0.6) is 5.75 Å². The third kappa shape index (κ3) is 3.98. The minimum atomic E-state index is -0.693. The Morgan fingerprint density at radius 1 is 1.05 bits per heavy atom. The van der Waals surface area contributed by atoms with Crippen LogP contribution in [0.3, 0.4) is 0 Å². The number of fused-ring (bicyclic) bond motifs is 2. The van der Waals surface area contributed by atoms with E-state index in [1.54, 1.807) is 31.1 Å². The quantitative estimate of drug-likeness (QED) is 0.376. The Morgan fingerprint density at radius 2 is 1.82 bits per heavy atom. The highest BCUT2D eigenvalue weighted by Gasteiger charge is 2.32. The van der Waals surface area contributed by atoms with E-state index in [1.165, 1.54) is 0 Å². The molecule has 6 rings (SSSR count). The fraction of sp³-hybridized carbons (Fsp3) is 0.172. The number of hydrogen-bond donors (Lipinski definition) is 2. The topological polar surface area (TPSA) is 116 Å². The number of rotatable bonds is 4. The summed E-state index contributed by atoms with van der Waals surface area (Å²) in [6, 6.07) is 22.5. The Hall–Kier alpha value is -4.92. The molecular weight excluding hydrogens is 482 g/mol. The monoisotopic (exact) mass is 507 g/mol. The molecule has 5 aromatic rings. The van der Waals surface area contributed by atoms with Crippen molar-refractivity contribution < 1.29 is 14.3 Å². The molecule has 38 heavy (non-hydrogen) atoms. The van der Waals surface area contributed by atoms with Crippen LogP contribution in [0.15, 0.2) is 82.0 Å². The largest absolute Gasteiger partial charge is 0.501 e. The first-order valence-corrected chi connectivity index (χ1v) is 12.3. The smallest absolute Gasteiger partial charge is 0.295 e. The van der Waals surface area contributed by atoms with Gasteiger partial charge in [-0.15, -0.1) is 0 Å². The molecule has 190 valence electrons. The molecule has 1 aliphatic heterocycles. The summed E-state index contributed by atoms with van der Waals surface area (Å²) in [5, 5.41) is 10.6. The van der Waals surface area contributed by atoms with Gasteiger partial charge in [-0.05, 0) is 47.4 Å². The lowest BCUT2D eigenvalue weighted by Crippen LogP contribution is -2.38. The van der Waals surface area contributed by atoms with Crippen molar-refractivity contribution in [2.75, 3.05) is 25.5 Å². The van der Waals surface area contributed by atoms with E-state index in [4.69, 9.17) is 4.42 Å². The van der Waals surface area contributed by atoms with E-state index in [0.29, 0.717) is 29.6 Å². The van der Waals surface area contributed by atoms with Gasteiger partial charge in [0.15, 0.2) is 11.3 Å². The van der Waals surface area contributed by atoms with Gasteiger partial charge in [0.05, 0.1) is 6.04 Å². The lowest BCUT2D eigenvalue weighted by molar-refractivity contribution is 0.0827. The SMILES string of the molecule is CN(C)C(=O)c1ccc2c(c1)C(c1ccccc1)N(c1nc(-c3nc4ccccc4o3)c(O)c(=O)[nH]1)CC2. The zero-order valence-corrected chi connectivity index (χ0v) is 20.9. The third-order valence-corrected chi connectivity index (χ3v) is 6.79. The summed E-state index contributed by atoms with van der Waals surface area (Å²) in [6.45, 7) is 0.550. The predicted octanol–water partition coefficient (Wildman–Crippen LogP) is 4.14. The van der Waals surface area contributed by atoms with Crippen LogP contribution in [-0.4, -0.2) is 51.5 Å². The summed E-state index contributed by atoms with van der Waals surface area (Å²) in [6.07, 6.45) is 0.678. The molecule has 9 nitrogen and oxygen atoms in total. The van der Waals surface area contributed by atoms with E-state index in [2.05, 4.69) is 15.0 Å². The average Bonchev–Trinajstić information content (AvgIpc) is 3.37. The number of carbonyl (C=O) groups is 1. The Morgan fingerprint density at radius 3 is 2.58 bits per heavy atom. The van der Waals surface area contributed by atoms with Gasteiger partial charge in [-0.1, -0.05) is 48.5 Å². The number of amides is 1. The van der Waals surface area contributed by atoms with Gasteiger partial charge in [0.2, 0.25) is 11.7 Å². The van der Waals surface area contributed by atoms with E-state index < -0.39 is 11.3 Å². The summed E-state index contributed by atoms with van der Waals surface area (Å²) in [4.78, 5) is 41.0. The van der Waals surface area contributed by atoms with Crippen LogP contribution >= 0.6 is 0 Å². The van der Waals surface area contributed by atoms with E-state index in [1.807, 2.05) is 65.6 Å². The highest BCUT2D eigenvalue weighted by Crippen LogP contribution is 2.38. The van der Waals surface area contributed by atoms with Crippen LogP contribution in [0.25, 0.3) is 22.7 Å². The zero-order valence-electron chi connectivity index (χ0n) is 20.9. The molecular formula is C29H25N5O4. The predicted molar refractivity (Wildman–Crippen MR) is 143 cm³/mol. The van der Waals surface area contributed by atoms with Gasteiger partial charge < -0.3 is 19.3 Å². The van der Waals surface area contributed by atoms with Gasteiger partial charge in [-0.25, -0.2) is 9.97 Å². The fourth-order valence-corrected chi connectivity index (χ4v) is 4.94. The summed E-state index contributed by atoms with van der Waals surface area (Å²) in [5.41, 5.74) is 4.02. The first-order chi connectivity index (χ1) is 18.4. The number of carbonyl (C=O) groups excluding carboxylic acids is 1. The van der Waals surface area contributed by atoms with E-state index in [0.717, 1.165) is 16.7 Å². The van der Waals surface area contributed by atoms with Gasteiger partial charge >= 0.3 is 0 Å². The van der Waals surface area contributed by atoms with Crippen LogP contribution in [0, 0.1) is 0 Å². The molecule has 1 amide bonds. The molecule has 9 heteroatoms. The van der Waals surface area contributed by atoms with Crippen molar-refractivity contribution in [1.29, 1.82) is 0 Å². The van der Waals surface area contributed by atoms with Gasteiger partial charge in [-0.3, -0.25) is 14.6 Å². The molecule has 3 heterocycles. The van der Waals surface area contributed by atoms with E-state index in [9.17, 15) is 14.7 Å². The van der Waals surface area contributed by atoms with Crippen molar-refractivity contribution in [3.05, 3.63) is 105 Å². The lowest BCUT2D eigenvalue weighted by Gasteiger charge is -2.38. The van der Waals surface area contributed by atoms with Gasteiger partial charge in [-0.2, -0.15) is 0 Å². The molecule has 1 aliphatic rings. The molecule has 0 fully saturated rings. The van der Waals surface area contributed by atoms with Crippen molar-refractivity contribution in [3.63, 3.8) is 0 Å². The van der Waals surface area contributed by atoms with Gasteiger partial charge in [0.1, 0.15) is 5.52 Å². The molecule has 2 aromatic heterocycles. The summed E-state index contributed by atoms with van der Waals surface area (Å²) in [5.74, 6) is -0.323. The second-order valence-corrected chi connectivity index (χ2v) is 9.44. The molecule has 0 bridgehead atoms. The minimum Gasteiger partial charge on any atom is -0.501 e. The summed E-state index contributed by atoms with van der Waals surface area (Å²) >= 11 is 0. The molecule has 1 atom stereocenters. The van der Waals surface area contributed by atoms with Crippen molar-refractivity contribution in [3.8, 4) is 17.3 Å². The lowest BCUT2D eigenvalue weighted by atomic mass is 9.87. The molecule has 3 aromatic carbocycles. The maximum atomic E-state index is 12.9. The number of benzene rings is 3. The third-order valence-electron chi connectivity index (χ3n) is 6.79. The van der Waals surface area contributed by atoms with E-state index in [-0.39, 0.29) is 29.5 Å². The van der Waals surface area contributed by atoms with Crippen LogP contribution in [0.1, 0.15) is 33.1 Å². The second kappa shape index (κ2) is 9.19. The number of aromatic amines is 1. The molecule has 0 radical (unpaired) electrons. The van der Waals surface area contributed by atoms with Crippen LogP contribution in [-0.2, 0) is 6.42 Å². The Bertz CT molecular complexity index is 1690. The Labute approximate surface area is 218 Å². The van der Waals surface area contributed by atoms with E-state index >= 15 is 0 Å². The first kappa shape index (κ1) is 23.5. The van der Waals surface area contributed by atoms with Crippen LogP contribution in [0.2, 0.25) is 0 Å². The normalized spacial score (nSPS) is 14.9.